The number of hydrogen-bond donors (Lipinski definition) is 1. The van der Waals surface area contributed by atoms with E-state index in [-0.39, 0.29) is 12.0 Å². The van der Waals surface area contributed by atoms with Crippen LogP contribution in [-0.4, -0.2) is 18.6 Å². The van der Waals surface area contributed by atoms with Crippen molar-refractivity contribution in [3.8, 4) is 6.07 Å². The van der Waals surface area contributed by atoms with Gasteiger partial charge >= 0.3 is 0 Å². The van der Waals surface area contributed by atoms with Gasteiger partial charge in [0.25, 0.3) is 0 Å². The van der Waals surface area contributed by atoms with E-state index >= 15 is 0 Å². The molecule has 1 N–H and O–H groups in total. The second-order valence-corrected chi connectivity index (χ2v) is 4.57. The van der Waals surface area contributed by atoms with E-state index in [1.807, 2.05) is 17.5 Å². The number of carbonyl (C=O) groups is 1. The van der Waals surface area contributed by atoms with Crippen LogP contribution in [0.4, 0.5) is 0 Å². The summed E-state index contributed by atoms with van der Waals surface area (Å²) in [6.07, 6.45) is 1.28. The molecule has 0 bridgehead atoms. The third-order valence-corrected chi connectivity index (χ3v) is 3.40. The van der Waals surface area contributed by atoms with Crippen LogP contribution in [-0.2, 0) is 9.53 Å². The van der Waals surface area contributed by atoms with Crippen LogP contribution in [0.3, 0.4) is 0 Å². The highest BCUT2D eigenvalue weighted by Crippen LogP contribution is 2.19. The molecule has 5 heteroatoms. The molecule has 1 aromatic rings. The molecule has 0 spiro atoms. The average Bonchev–Trinajstić information content (AvgIpc) is 2.96. The van der Waals surface area contributed by atoms with E-state index in [0.717, 1.165) is 17.7 Å². The van der Waals surface area contributed by atoms with Crippen LogP contribution >= 0.6 is 11.3 Å². The van der Waals surface area contributed by atoms with Crippen molar-refractivity contribution in [3.63, 3.8) is 0 Å². The predicted molar refractivity (Wildman–Crippen MR) is 59.8 cm³/mol. The maximum absolute atomic E-state index is 11.7. The predicted octanol–water partition coefficient (Wildman–Crippen LogP) is 1.61. The normalized spacial score (nSPS) is 21.3. The Morgan fingerprint density at radius 3 is 3.19 bits per heavy atom. The Morgan fingerprint density at radius 1 is 1.75 bits per heavy atom. The van der Waals surface area contributed by atoms with Gasteiger partial charge in [0.15, 0.2) is 6.04 Å². The minimum atomic E-state index is -0.559. The highest BCUT2D eigenvalue weighted by Gasteiger charge is 2.26. The Kier molecular flexibility index (Phi) is 3.54. The largest absolute Gasteiger partial charge is 0.368 e. The molecule has 2 rings (SSSR count). The number of hydrogen-bond acceptors (Lipinski definition) is 4. The van der Waals surface area contributed by atoms with Crippen molar-refractivity contribution in [1.29, 1.82) is 5.26 Å². The summed E-state index contributed by atoms with van der Waals surface area (Å²) in [5.41, 5.74) is 0. The number of nitrogens with one attached hydrogen (secondary N) is 1. The van der Waals surface area contributed by atoms with Crippen molar-refractivity contribution in [1.82, 2.24) is 5.32 Å². The second kappa shape index (κ2) is 5.10. The monoisotopic (exact) mass is 236 g/mol. The number of carbonyl (C=O) groups excluding carboxylic acids is 1. The quantitative estimate of drug-likeness (QED) is 0.867. The topological polar surface area (TPSA) is 62.1 Å². The molecule has 0 aliphatic carbocycles. The van der Waals surface area contributed by atoms with E-state index in [2.05, 4.69) is 11.4 Å². The molecule has 1 aliphatic heterocycles. The van der Waals surface area contributed by atoms with Crippen LogP contribution in [0.1, 0.15) is 23.8 Å². The fraction of sp³-hybridized carbons (Fsp3) is 0.455. The number of ether oxygens (including phenoxy) is 1. The number of nitriles is 1. The second-order valence-electron chi connectivity index (χ2n) is 3.59. The van der Waals surface area contributed by atoms with E-state index < -0.39 is 6.04 Å². The van der Waals surface area contributed by atoms with Crippen LogP contribution in [0.15, 0.2) is 17.5 Å². The summed E-state index contributed by atoms with van der Waals surface area (Å²) in [7, 11) is 0. The Bertz CT molecular complexity index is 391. The Balaban J connectivity index is 1.97. The van der Waals surface area contributed by atoms with Gasteiger partial charge in [-0.1, -0.05) is 6.07 Å². The van der Waals surface area contributed by atoms with Crippen LogP contribution in [0.2, 0.25) is 0 Å². The fourth-order valence-corrected chi connectivity index (χ4v) is 2.36. The lowest BCUT2D eigenvalue weighted by Gasteiger charge is -2.13. The van der Waals surface area contributed by atoms with Gasteiger partial charge in [0.1, 0.15) is 6.10 Å². The molecule has 0 radical (unpaired) electrons. The van der Waals surface area contributed by atoms with Gasteiger partial charge < -0.3 is 10.1 Å². The molecule has 16 heavy (non-hydrogen) atoms. The molecule has 1 aliphatic rings. The molecule has 1 saturated heterocycles. The molecular formula is C11H12N2O2S. The zero-order chi connectivity index (χ0) is 11.4. The van der Waals surface area contributed by atoms with Crippen LogP contribution < -0.4 is 5.32 Å². The van der Waals surface area contributed by atoms with Crippen LogP contribution in [0, 0.1) is 11.3 Å². The molecule has 1 fully saturated rings. The molecule has 2 heterocycles. The minimum absolute atomic E-state index is 0.183. The van der Waals surface area contributed by atoms with Crippen molar-refractivity contribution >= 4 is 17.2 Å². The first kappa shape index (κ1) is 11.1. The first-order valence-corrected chi connectivity index (χ1v) is 6.04. The summed E-state index contributed by atoms with van der Waals surface area (Å²) < 4.78 is 5.26. The molecule has 2 unspecified atom stereocenters. The van der Waals surface area contributed by atoms with Gasteiger partial charge in [-0.3, -0.25) is 4.79 Å². The lowest BCUT2D eigenvalue weighted by molar-refractivity contribution is -0.130. The van der Waals surface area contributed by atoms with E-state index in [1.54, 1.807) is 0 Å². The minimum Gasteiger partial charge on any atom is -0.368 e. The van der Waals surface area contributed by atoms with Gasteiger partial charge in [0.05, 0.1) is 6.07 Å². The standard InChI is InChI=1S/C11H12N2O2S/c12-7-8(10-4-2-6-16-10)13-11(14)9-3-1-5-15-9/h2,4,6,8-9H,1,3,5H2,(H,13,14). The van der Waals surface area contributed by atoms with Gasteiger partial charge in [-0.25, -0.2) is 0 Å². The van der Waals surface area contributed by atoms with Gasteiger partial charge in [0, 0.05) is 11.5 Å². The van der Waals surface area contributed by atoms with Gasteiger partial charge in [-0.15, -0.1) is 11.3 Å². The third-order valence-electron chi connectivity index (χ3n) is 2.47. The molecule has 84 valence electrons. The molecule has 2 atom stereocenters. The summed E-state index contributed by atoms with van der Waals surface area (Å²) >= 11 is 1.46. The number of thiophene rings is 1. The highest BCUT2D eigenvalue weighted by molar-refractivity contribution is 7.10. The fourth-order valence-electron chi connectivity index (χ4n) is 1.64. The Morgan fingerprint density at radius 2 is 2.62 bits per heavy atom. The smallest absolute Gasteiger partial charge is 0.250 e. The molecular weight excluding hydrogens is 224 g/mol. The Hall–Kier alpha value is -1.38. The maximum atomic E-state index is 11.7. The summed E-state index contributed by atoms with van der Waals surface area (Å²) in [6.45, 7) is 0.633. The number of rotatable bonds is 3. The van der Waals surface area contributed by atoms with Crippen molar-refractivity contribution in [2.75, 3.05) is 6.61 Å². The molecule has 0 saturated carbocycles. The summed E-state index contributed by atoms with van der Waals surface area (Å²) in [6, 6.07) is 5.23. The highest BCUT2D eigenvalue weighted by atomic mass is 32.1. The van der Waals surface area contributed by atoms with E-state index in [9.17, 15) is 4.79 Å². The van der Waals surface area contributed by atoms with Crippen molar-refractivity contribution < 1.29 is 9.53 Å². The van der Waals surface area contributed by atoms with Gasteiger partial charge in [0.2, 0.25) is 5.91 Å². The third kappa shape index (κ3) is 2.40. The van der Waals surface area contributed by atoms with Crippen LogP contribution in [0.5, 0.6) is 0 Å². The Labute approximate surface area is 97.8 Å². The zero-order valence-corrected chi connectivity index (χ0v) is 9.50. The van der Waals surface area contributed by atoms with E-state index in [4.69, 9.17) is 10.00 Å². The number of amides is 1. The van der Waals surface area contributed by atoms with E-state index in [1.165, 1.54) is 11.3 Å². The van der Waals surface area contributed by atoms with Crippen molar-refractivity contribution in [2.24, 2.45) is 0 Å². The molecule has 1 aromatic heterocycles. The summed E-state index contributed by atoms with van der Waals surface area (Å²) in [5, 5.41) is 13.6. The van der Waals surface area contributed by atoms with Crippen molar-refractivity contribution in [3.05, 3.63) is 22.4 Å². The lowest BCUT2D eigenvalue weighted by Crippen LogP contribution is -2.36. The summed E-state index contributed by atoms with van der Waals surface area (Å²) in [5.74, 6) is -0.183. The van der Waals surface area contributed by atoms with E-state index in [0.29, 0.717) is 6.61 Å². The first-order chi connectivity index (χ1) is 7.81. The van der Waals surface area contributed by atoms with Crippen molar-refractivity contribution in [2.45, 2.75) is 25.0 Å². The maximum Gasteiger partial charge on any atom is 0.250 e. The van der Waals surface area contributed by atoms with Gasteiger partial charge in [-0.2, -0.15) is 5.26 Å². The lowest BCUT2D eigenvalue weighted by atomic mass is 10.2. The van der Waals surface area contributed by atoms with Gasteiger partial charge in [-0.05, 0) is 24.3 Å². The average molecular weight is 236 g/mol. The summed E-state index contributed by atoms with van der Waals surface area (Å²) in [4.78, 5) is 12.6. The zero-order valence-electron chi connectivity index (χ0n) is 8.68. The SMILES string of the molecule is N#CC(NC(=O)C1CCCO1)c1cccs1. The first-order valence-electron chi connectivity index (χ1n) is 5.16. The molecule has 1 amide bonds. The number of nitrogens with zero attached hydrogens (tertiary/aromatic N) is 1. The van der Waals surface area contributed by atoms with Crippen LogP contribution in [0.25, 0.3) is 0 Å². The molecule has 0 aromatic carbocycles. The molecule has 4 nitrogen and oxygen atoms in total.